The van der Waals surface area contributed by atoms with E-state index in [0.717, 1.165) is 11.5 Å². The zero-order valence-electron chi connectivity index (χ0n) is 10.3. The number of halogens is 1. The minimum absolute atomic E-state index is 0.0653. The Morgan fingerprint density at radius 2 is 2.16 bits per heavy atom. The molecule has 1 atom stereocenters. The van der Waals surface area contributed by atoms with Crippen LogP contribution < -0.4 is 22.3 Å². The number of carbonyl (C=O) groups excluding carboxylic acids is 2. The number of hydrogen-bond acceptors (Lipinski definition) is 5. The highest BCUT2D eigenvalue weighted by Gasteiger charge is 2.24. The van der Waals surface area contributed by atoms with Gasteiger partial charge in [0.25, 0.3) is 5.56 Å². The van der Waals surface area contributed by atoms with Crippen molar-refractivity contribution in [2.75, 3.05) is 6.54 Å². The molecule has 0 aliphatic heterocycles. The highest BCUT2D eigenvalue weighted by atomic mass is 35.5. The molecule has 0 aromatic carbocycles. The van der Waals surface area contributed by atoms with Gasteiger partial charge < -0.3 is 16.8 Å². The van der Waals surface area contributed by atoms with Gasteiger partial charge in [-0.05, 0) is 24.4 Å². The summed E-state index contributed by atoms with van der Waals surface area (Å²) in [5.74, 6) is -0.481. The zero-order valence-corrected chi connectivity index (χ0v) is 11.9. The van der Waals surface area contributed by atoms with Crippen LogP contribution in [-0.4, -0.2) is 28.4 Å². The Balaban J connectivity index is 2.62. The molecule has 0 saturated heterocycles. The number of primary amides is 1. The number of aromatic nitrogens is 1. The molecule has 1 heterocycles. The number of nitrogens with two attached hydrogens (primary N) is 2. The van der Waals surface area contributed by atoms with Crippen LogP contribution in [0, 0.1) is 0 Å². The van der Waals surface area contributed by atoms with Crippen molar-refractivity contribution >= 4 is 34.9 Å². The molecule has 1 rings (SSSR count). The Hall–Kier alpha value is -1.38. The van der Waals surface area contributed by atoms with E-state index in [1.165, 1.54) is 11.0 Å². The van der Waals surface area contributed by atoms with Crippen LogP contribution in [0.1, 0.15) is 23.2 Å². The van der Waals surface area contributed by atoms with Gasteiger partial charge in [-0.15, -0.1) is 0 Å². The number of urea groups is 1. The third-order valence-electron chi connectivity index (χ3n) is 2.49. The topological polar surface area (TPSA) is 120 Å². The molecule has 19 heavy (non-hydrogen) atoms. The Bertz CT molecular complexity index is 539. The van der Waals surface area contributed by atoms with Crippen molar-refractivity contribution < 1.29 is 9.59 Å². The van der Waals surface area contributed by atoms with Crippen molar-refractivity contribution in [3.8, 4) is 0 Å². The summed E-state index contributed by atoms with van der Waals surface area (Å²) in [6, 6.07) is -1.45. The molecule has 5 N–H and O–H groups in total. The van der Waals surface area contributed by atoms with Crippen molar-refractivity contribution in [2.45, 2.75) is 18.9 Å². The Morgan fingerprint density at radius 3 is 2.63 bits per heavy atom. The van der Waals surface area contributed by atoms with Crippen LogP contribution in [0.25, 0.3) is 0 Å². The van der Waals surface area contributed by atoms with Crippen LogP contribution in [0.4, 0.5) is 4.79 Å². The molecule has 0 fully saturated rings. The molecule has 0 radical (unpaired) electrons. The molecule has 0 saturated carbocycles. The van der Waals surface area contributed by atoms with Gasteiger partial charge in [-0.2, -0.15) is 0 Å². The van der Waals surface area contributed by atoms with Crippen molar-refractivity contribution in [1.82, 2.24) is 9.27 Å². The average Bonchev–Trinajstić information content (AvgIpc) is 2.57. The first-order valence-electron chi connectivity index (χ1n) is 5.53. The molecular weight excluding hydrogens is 292 g/mol. The molecule has 7 nitrogen and oxygen atoms in total. The van der Waals surface area contributed by atoms with Crippen LogP contribution >= 0.6 is 23.1 Å². The van der Waals surface area contributed by atoms with Gasteiger partial charge in [-0.1, -0.05) is 11.6 Å². The molecule has 0 unspecified atom stereocenters. The van der Waals surface area contributed by atoms with E-state index in [-0.39, 0.29) is 9.90 Å². The Labute approximate surface area is 118 Å². The van der Waals surface area contributed by atoms with Gasteiger partial charge >= 0.3 is 6.03 Å². The number of nitrogens with zero attached hydrogens (tertiary/aromatic N) is 1. The first-order valence-corrected chi connectivity index (χ1v) is 6.68. The van der Waals surface area contributed by atoms with E-state index in [1.54, 1.807) is 0 Å². The van der Waals surface area contributed by atoms with E-state index >= 15 is 0 Å². The smallest absolute Gasteiger partial charge is 0.312 e. The molecule has 106 valence electrons. The van der Waals surface area contributed by atoms with Crippen molar-refractivity contribution in [3.63, 3.8) is 0 Å². The monoisotopic (exact) mass is 306 g/mol. The van der Waals surface area contributed by atoms with E-state index in [1.807, 2.05) is 0 Å². The summed E-state index contributed by atoms with van der Waals surface area (Å²) >= 11 is 6.83. The first-order chi connectivity index (χ1) is 8.84. The van der Waals surface area contributed by atoms with Gasteiger partial charge in [0.05, 0.1) is 6.04 Å². The summed E-state index contributed by atoms with van der Waals surface area (Å²) in [5.41, 5.74) is 10.1. The van der Waals surface area contributed by atoms with E-state index in [2.05, 4.69) is 5.32 Å². The maximum Gasteiger partial charge on any atom is 0.312 e. The highest BCUT2D eigenvalue weighted by molar-refractivity contribution is 7.11. The molecular formula is C10H15ClN4O3S. The maximum absolute atomic E-state index is 12.0. The lowest BCUT2D eigenvalue weighted by Crippen LogP contribution is -2.36. The summed E-state index contributed by atoms with van der Waals surface area (Å²) in [5, 5.41) is 2.39. The first kappa shape index (κ1) is 15.7. The standard InChI is InChI=1S/C10H15ClN4O3S/c1-15-9(17)6(8(11)19-15)7(16)5(12)3-2-4-14-10(13)18/h5H,2-4,12H2,1H3,(H3,13,14,18)/t5-/m0/s1. The quantitative estimate of drug-likeness (QED) is 0.508. The lowest BCUT2D eigenvalue weighted by molar-refractivity contribution is 0.0955. The number of aryl methyl sites for hydroxylation is 1. The van der Waals surface area contributed by atoms with Crippen LogP contribution in [-0.2, 0) is 7.05 Å². The second-order valence-corrected chi connectivity index (χ2v) is 5.69. The molecule has 0 aliphatic carbocycles. The number of rotatable bonds is 6. The zero-order chi connectivity index (χ0) is 14.6. The van der Waals surface area contributed by atoms with Gasteiger partial charge in [0, 0.05) is 13.6 Å². The molecule has 1 aromatic heterocycles. The second-order valence-electron chi connectivity index (χ2n) is 3.95. The SMILES string of the molecule is Cn1sc(Cl)c(C(=O)[C@@H](N)CCCNC(N)=O)c1=O. The van der Waals surface area contributed by atoms with Crippen LogP contribution in [0.15, 0.2) is 4.79 Å². The lowest BCUT2D eigenvalue weighted by Gasteiger charge is -2.09. The number of Topliss-reactive ketones (excluding diaryl/α,β-unsaturated/α-hetero) is 1. The average molecular weight is 307 g/mol. The number of carbonyl (C=O) groups is 2. The highest BCUT2D eigenvalue weighted by Crippen LogP contribution is 2.20. The summed E-state index contributed by atoms with van der Waals surface area (Å²) in [4.78, 5) is 34.1. The summed E-state index contributed by atoms with van der Waals surface area (Å²) < 4.78 is 1.42. The number of ketones is 1. The third kappa shape index (κ3) is 4.05. The Kier molecular flexibility index (Phi) is 5.52. The summed E-state index contributed by atoms with van der Waals surface area (Å²) in [6.07, 6.45) is 0.812. The van der Waals surface area contributed by atoms with Crippen molar-refractivity contribution in [3.05, 3.63) is 20.3 Å². The summed E-state index contributed by atoms with van der Waals surface area (Å²) in [7, 11) is 1.53. The van der Waals surface area contributed by atoms with E-state index < -0.39 is 23.4 Å². The predicted molar refractivity (Wildman–Crippen MR) is 73.7 cm³/mol. The second kappa shape index (κ2) is 6.69. The maximum atomic E-state index is 12.0. The fourth-order valence-corrected chi connectivity index (χ4v) is 2.68. The normalized spacial score (nSPS) is 12.2. The molecule has 0 spiro atoms. The minimum Gasteiger partial charge on any atom is -0.352 e. The van der Waals surface area contributed by atoms with Crippen LogP contribution in [0.3, 0.4) is 0 Å². The van der Waals surface area contributed by atoms with E-state index in [9.17, 15) is 14.4 Å². The molecule has 0 bridgehead atoms. The van der Waals surface area contributed by atoms with Gasteiger partial charge in [0.1, 0.15) is 9.90 Å². The van der Waals surface area contributed by atoms with Gasteiger partial charge in [-0.25, -0.2) is 4.79 Å². The number of hydrogen-bond donors (Lipinski definition) is 3. The predicted octanol–water partition coefficient (Wildman–Crippen LogP) is 0.0587. The van der Waals surface area contributed by atoms with Gasteiger partial charge in [0.15, 0.2) is 5.78 Å². The van der Waals surface area contributed by atoms with Crippen LogP contribution in [0.5, 0.6) is 0 Å². The van der Waals surface area contributed by atoms with Crippen molar-refractivity contribution in [1.29, 1.82) is 0 Å². The van der Waals surface area contributed by atoms with E-state index in [4.69, 9.17) is 23.1 Å². The lowest BCUT2D eigenvalue weighted by atomic mass is 10.0. The largest absolute Gasteiger partial charge is 0.352 e. The molecule has 9 heteroatoms. The molecule has 1 aromatic rings. The fraction of sp³-hybridized carbons (Fsp3) is 0.500. The number of nitrogens with one attached hydrogen (secondary N) is 1. The molecule has 0 aliphatic rings. The Morgan fingerprint density at radius 1 is 1.53 bits per heavy atom. The van der Waals surface area contributed by atoms with Gasteiger partial charge in [0.2, 0.25) is 0 Å². The van der Waals surface area contributed by atoms with Crippen LogP contribution in [0.2, 0.25) is 4.34 Å². The molecule has 2 amide bonds. The van der Waals surface area contributed by atoms with E-state index in [0.29, 0.717) is 19.4 Å². The third-order valence-corrected chi connectivity index (χ3v) is 3.69. The number of amides is 2. The summed E-state index contributed by atoms with van der Waals surface area (Å²) in [6.45, 7) is 0.325. The minimum atomic E-state index is -0.825. The van der Waals surface area contributed by atoms with Crippen molar-refractivity contribution in [2.24, 2.45) is 18.5 Å². The fourth-order valence-electron chi connectivity index (χ4n) is 1.50. The van der Waals surface area contributed by atoms with Gasteiger partial charge in [-0.3, -0.25) is 13.5 Å².